The van der Waals surface area contributed by atoms with Crippen LogP contribution in [0.5, 0.6) is 0 Å². The number of thiophene rings is 1. The summed E-state index contributed by atoms with van der Waals surface area (Å²) >= 11 is 14.1. The van der Waals surface area contributed by atoms with E-state index in [2.05, 4.69) is 10.6 Å². The van der Waals surface area contributed by atoms with E-state index in [9.17, 15) is 19.1 Å². The molecule has 5 rings (SSSR count). The first-order valence-electron chi connectivity index (χ1n) is 12.9. The number of fused-ring (bicyclic) bond motifs is 2. The molecule has 0 radical (unpaired) electrons. The van der Waals surface area contributed by atoms with Crippen LogP contribution in [-0.4, -0.2) is 46.7 Å². The summed E-state index contributed by atoms with van der Waals surface area (Å²) in [6.45, 7) is -0.375. The highest BCUT2D eigenvalue weighted by molar-refractivity contribution is 7.07. The van der Waals surface area contributed by atoms with Gasteiger partial charge in [-0.1, -0.05) is 35.3 Å². The monoisotopic (exact) mass is 626 g/mol. The lowest BCUT2D eigenvalue weighted by atomic mass is 9.63. The SMILES string of the molecule is Cl.O=C(CCC[C@H](O)CO)[C@@H]1N[C@H](CCc2ccsc2)[C@]2(C(=O)Nc3cc(Cl)c(F)cc32)[C@H]1c1cccc(Cl)c1. The third-order valence-electron chi connectivity index (χ3n) is 7.91. The Morgan fingerprint density at radius 2 is 2.00 bits per heavy atom. The molecule has 2 aliphatic rings. The Bertz CT molecular complexity index is 1380. The summed E-state index contributed by atoms with van der Waals surface area (Å²) in [5.41, 5.74) is 1.41. The van der Waals surface area contributed by atoms with Gasteiger partial charge in [0.15, 0.2) is 0 Å². The summed E-state index contributed by atoms with van der Waals surface area (Å²) in [5.74, 6) is -1.77. The minimum absolute atomic E-state index is 0. The number of aliphatic hydroxyl groups excluding tert-OH is 2. The quantitative estimate of drug-likeness (QED) is 0.233. The summed E-state index contributed by atoms with van der Waals surface area (Å²) in [5, 5.41) is 29.8. The Hall–Kier alpha value is -2.04. The molecular weight excluding hydrogens is 598 g/mol. The smallest absolute Gasteiger partial charge is 0.237 e. The van der Waals surface area contributed by atoms with E-state index >= 15 is 0 Å². The largest absolute Gasteiger partial charge is 0.394 e. The molecule has 0 saturated carbocycles. The van der Waals surface area contributed by atoms with Crippen LogP contribution in [0, 0.1) is 5.82 Å². The predicted molar refractivity (Wildman–Crippen MR) is 158 cm³/mol. The highest BCUT2D eigenvalue weighted by atomic mass is 35.5. The van der Waals surface area contributed by atoms with Crippen LogP contribution >= 0.6 is 46.9 Å². The number of anilines is 1. The third-order valence-corrected chi connectivity index (χ3v) is 9.17. The van der Waals surface area contributed by atoms with Gasteiger partial charge in [-0.25, -0.2) is 4.39 Å². The van der Waals surface area contributed by atoms with Crippen molar-refractivity contribution in [2.45, 2.75) is 61.6 Å². The third kappa shape index (κ3) is 5.68. The number of carbonyl (C=O) groups is 2. The van der Waals surface area contributed by atoms with Gasteiger partial charge >= 0.3 is 0 Å². The Morgan fingerprint density at radius 1 is 1.20 bits per heavy atom. The highest BCUT2D eigenvalue weighted by Crippen LogP contribution is 2.56. The van der Waals surface area contributed by atoms with Crippen molar-refractivity contribution in [1.82, 2.24) is 5.32 Å². The van der Waals surface area contributed by atoms with E-state index in [1.807, 2.05) is 22.9 Å². The van der Waals surface area contributed by atoms with Crippen LogP contribution in [0.3, 0.4) is 0 Å². The summed E-state index contributed by atoms with van der Waals surface area (Å²) in [6.07, 6.45) is 1.08. The fourth-order valence-electron chi connectivity index (χ4n) is 6.17. The molecule has 0 aliphatic carbocycles. The van der Waals surface area contributed by atoms with E-state index in [4.69, 9.17) is 28.3 Å². The topological polar surface area (TPSA) is 98.7 Å². The van der Waals surface area contributed by atoms with Crippen LogP contribution in [-0.2, 0) is 21.4 Å². The number of aliphatic hydroxyl groups is 2. The van der Waals surface area contributed by atoms with Crippen molar-refractivity contribution in [2.75, 3.05) is 11.9 Å². The molecule has 40 heavy (non-hydrogen) atoms. The number of hydrogen-bond donors (Lipinski definition) is 4. The first kappa shape index (κ1) is 30.9. The van der Waals surface area contributed by atoms with Gasteiger partial charge in [0, 0.05) is 29.1 Å². The average Bonchev–Trinajstić information content (AvgIpc) is 3.61. The first-order chi connectivity index (χ1) is 18.7. The molecule has 5 atom stereocenters. The number of rotatable bonds is 10. The number of carbonyl (C=O) groups excluding carboxylic acids is 2. The number of nitrogens with one attached hydrogen (secondary N) is 2. The lowest BCUT2D eigenvalue weighted by Gasteiger charge is -2.35. The second-order valence-electron chi connectivity index (χ2n) is 10.2. The molecule has 1 amide bonds. The molecule has 1 aromatic heterocycles. The van der Waals surface area contributed by atoms with Crippen molar-refractivity contribution in [2.24, 2.45) is 0 Å². The standard InChI is InChI=1S/C29H29Cl2FN2O4S.ClH/c30-18-4-1-3-17(11-18)26-27(24(37)6-2-5-19(36)14-35)34-25(8-7-16-9-10-39-15-16)29(26)20-12-22(32)21(31)13-23(20)33-28(29)38;/h1,3-4,9-13,15,19,25-27,34-36H,2,5-8,14H2,(H,33,38);1H/t19-,25+,26-,27-,29-;/m0./s1. The van der Waals surface area contributed by atoms with Gasteiger partial charge in [-0.15, -0.1) is 12.4 Å². The van der Waals surface area contributed by atoms with E-state index in [-0.39, 0.29) is 48.6 Å². The fraction of sp³-hybridized carbons (Fsp3) is 0.379. The summed E-state index contributed by atoms with van der Waals surface area (Å²) < 4.78 is 15.0. The maximum atomic E-state index is 15.0. The van der Waals surface area contributed by atoms with E-state index in [1.54, 1.807) is 29.5 Å². The van der Waals surface area contributed by atoms with Crippen molar-refractivity contribution < 1.29 is 24.2 Å². The molecule has 3 heterocycles. The Kier molecular flexibility index (Phi) is 9.94. The number of hydrogen-bond acceptors (Lipinski definition) is 6. The van der Waals surface area contributed by atoms with Crippen LogP contribution in [0.25, 0.3) is 0 Å². The highest BCUT2D eigenvalue weighted by Gasteiger charge is 2.65. The molecule has 2 aliphatic heterocycles. The summed E-state index contributed by atoms with van der Waals surface area (Å²) in [7, 11) is 0. The Labute approximate surface area is 252 Å². The maximum Gasteiger partial charge on any atom is 0.237 e. The number of halogens is 4. The van der Waals surface area contributed by atoms with E-state index < -0.39 is 35.3 Å². The lowest BCUT2D eigenvalue weighted by molar-refractivity contribution is -0.122. The molecule has 0 bridgehead atoms. The number of ketones is 1. The van der Waals surface area contributed by atoms with Gasteiger partial charge in [-0.3, -0.25) is 9.59 Å². The molecule has 11 heteroatoms. The van der Waals surface area contributed by atoms with Crippen LogP contribution in [0.15, 0.2) is 53.2 Å². The summed E-state index contributed by atoms with van der Waals surface area (Å²) in [4.78, 5) is 27.9. The first-order valence-corrected chi connectivity index (χ1v) is 14.6. The Balaban J connectivity index is 0.00000370. The Morgan fingerprint density at radius 3 is 2.70 bits per heavy atom. The molecule has 1 spiro atoms. The zero-order valence-corrected chi connectivity index (χ0v) is 24.6. The van der Waals surface area contributed by atoms with Gasteiger partial charge in [0.2, 0.25) is 5.91 Å². The predicted octanol–water partition coefficient (Wildman–Crippen LogP) is 5.66. The minimum Gasteiger partial charge on any atom is -0.394 e. The van der Waals surface area contributed by atoms with Gasteiger partial charge in [0.05, 0.1) is 23.8 Å². The molecule has 2 aromatic carbocycles. The average molecular weight is 628 g/mol. The second-order valence-corrected chi connectivity index (χ2v) is 11.9. The molecule has 4 N–H and O–H groups in total. The van der Waals surface area contributed by atoms with Crippen molar-refractivity contribution >= 4 is 64.3 Å². The van der Waals surface area contributed by atoms with Crippen molar-refractivity contribution in [1.29, 1.82) is 0 Å². The van der Waals surface area contributed by atoms with Gasteiger partial charge in [0.25, 0.3) is 0 Å². The normalized spacial score (nSPS) is 24.0. The molecule has 214 valence electrons. The molecule has 0 unspecified atom stereocenters. The lowest BCUT2D eigenvalue weighted by Crippen LogP contribution is -2.48. The van der Waals surface area contributed by atoms with Gasteiger partial charge in [0.1, 0.15) is 17.0 Å². The van der Waals surface area contributed by atoms with Gasteiger partial charge in [-0.2, -0.15) is 11.3 Å². The molecule has 6 nitrogen and oxygen atoms in total. The number of amides is 1. The number of aryl methyl sites for hydroxylation is 1. The van der Waals surface area contributed by atoms with Crippen molar-refractivity contribution in [3.63, 3.8) is 0 Å². The van der Waals surface area contributed by atoms with E-state index in [0.29, 0.717) is 41.1 Å². The fourth-order valence-corrected chi connectivity index (χ4v) is 7.23. The van der Waals surface area contributed by atoms with E-state index in [0.717, 1.165) is 5.56 Å². The van der Waals surface area contributed by atoms with Crippen LogP contribution < -0.4 is 10.6 Å². The van der Waals surface area contributed by atoms with Crippen molar-refractivity contribution in [3.05, 3.63) is 85.8 Å². The van der Waals surface area contributed by atoms with Gasteiger partial charge < -0.3 is 20.8 Å². The van der Waals surface area contributed by atoms with Crippen LogP contribution in [0.1, 0.15) is 48.3 Å². The van der Waals surface area contributed by atoms with Crippen molar-refractivity contribution in [3.8, 4) is 0 Å². The maximum absolute atomic E-state index is 15.0. The van der Waals surface area contributed by atoms with Crippen LogP contribution in [0.2, 0.25) is 10.0 Å². The summed E-state index contributed by atoms with van der Waals surface area (Å²) in [6, 6.07) is 10.6. The number of benzene rings is 2. The zero-order valence-electron chi connectivity index (χ0n) is 21.4. The molecular formula is C29H30Cl3FN2O4S. The van der Waals surface area contributed by atoms with Crippen LogP contribution in [0.4, 0.5) is 10.1 Å². The molecule has 1 fully saturated rings. The van der Waals surface area contributed by atoms with E-state index in [1.165, 1.54) is 12.1 Å². The minimum atomic E-state index is -1.30. The second kappa shape index (κ2) is 12.9. The molecule has 1 saturated heterocycles. The zero-order chi connectivity index (χ0) is 27.7. The molecule has 3 aromatic rings. The number of Topliss-reactive ketones (excluding diaryl/α,β-unsaturated/α-hetero) is 1. The van der Waals surface area contributed by atoms with Gasteiger partial charge in [-0.05, 0) is 83.5 Å².